The van der Waals surface area contributed by atoms with Crippen LogP contribution in [0.4, 0.5) is 0 Å². The van der Waals surface area contributed by atoms with Crippen molar-refractivity contribution in [2.24, 2.45) is 11.8 Å². The molecular formula is C47H70O4. The average Bonchev–Trinajstić information content (AvgIpc) is 3.56. The average molecular weight is 699 g/mol. The van der Waals surface area contributed by atoms with E-state index in [1.165, 1.54) is 39.8 Å². The van der Waals surface area contributed by atoms with E-state index in [0.29, 0.717) is 34.8 Å². The normalized spacial score (nSPS) is 15.5. The Kier molecular flexibility index (Phi) is 20.1. The van der Waals surface area contributed by atoms with Gasteiger partial charge in [0, 0.05) is 22.3 Å². The van der Waals surface area contributed by atoms with E-state index in [0.717, 1.165) is 62.5 Å². The second kappa shape index (κ2) is 22.5. The Bertz CT molecular complexity index is 1770. The maximum Gasteiger partial charge on any atom is 0.229 e. The van der Waals surface area contributed by atoms with Gasteiger partial charge in [-0.25, -0.2) is 0 Å². The van der Waals surface area contributed by atoms with Gasteiger partial charge in [0.1, 0.15) is 0 Å². The van der Waals surface area contributed by atoms with E-state index in [4.69, 9.17) is 0 Å². The van der Waals surface area contributed by atoms with Crippen LogP contribution in [0, 0.1) is 25.7 Å². The van der Waals surface area contributed by atoms with Crippen molar-refractivity contribution in [3.8, 4) is 0 Å². The fourth-order valence-corrected chi connectivity index (χ4v) is 7.39. The van der Waals surface area contributed by atoms with Gasteiger partial charge in [-0.2, -0.15) is 0 Å². The Morgan fingerprint density at radius 1 is 0.529 bits per heavy atom. The Hall–Kier alpha value is -3.40. The smallest absolute Gasteiger partial charge is 0.229 e. The Morgan fingerprint density at radius 2 is 0.902 bits per heavy atom. The van der Waals surface area contributed by atoms with Gasteiger partial charge in [0.2, 0.25) is 21.7 Å². The first kappa shape index (κ1) is 45.6. The third-order valence-electron chi connectivity index (χ3n) is 9.80. The molecule has 0 radical (unpaired) electrons. The summed E-state index contributed by atoms with van der Waals surface area (Å²) in [6.07, 6.45) is 9.31. The predicted molar refractivity (Wildman–Crippen MR) is 222 cm³/mol. The van der Waals surface area contributed by atoms with Gasteiger partial charge in [0.05, 0.1) is 0 Å². The van der Waals surface area contributed by atoms with Gasteiger partial charge >= 0.3 is 0 Å². The number of benzene rings is 2. The predicted octanol–water partition coefficient (Wildman–Crippen LogP) is 10.6. The monoisotopic (exact) mass is 699 g/mol. The van der Waals surface area contributed by atoms with Gasteiger partial charge in [-0.3, -0.25) is 19.2 Å². The topological polar surface area (TPSA) is 68.3 Å². The first-order valence-electron chi connectivity index (χ1n) is 20.3. The molecule has 0 fully saturated rings. The maximum absolute atomic E-state index is 11.8. The van der Waals surface area contributed by atoms with Crippen LogP contribution < -0.4 is 21.7 Å². The lowest BCUT2D eigenvalue weighted by Gasteiger charge is -2.27. The minimum atomic E-state index is -0.281. The summed E-state index contributed by atoms with van der Waals surface area (Å²) >= 11 is 0. The van der Waals surface area contributed by atoms with Gasteiger partial charge in [0.15, 0.2) is 0 Å². The van der Waals surface area contributed by atoms with E-state index in [1.807, 2.05) is 55.4 Å². The summed E-state index contributed by atoms with van der Waals surface area (Å²) in [5, 5.41) is 0. The molecule has 4 aromatic carbocycles. The summed E-state index contributed by atoms with van der Waals surface area (Å²) in [6.45, 7) is 28.5. The van der Waals surface area contributed by atoms with Gasteiger partial charge in [-0.1, -0.05) is 119 Å². The summed E-state index contributed by atoms with van der Waals surface area (Å²) in [5.74, 6) is 2.11. The molecule has 0 heterocycles. The summed E-state index contributed by atoms with van der Waals surface area (Å²) in [7, 11) is 0. The molecule has 0 N–H and O–H groups in total. The molecule has 6 rings (SSSR count). The molecular weight excluding hydrogens is 629 g/mol. The largest absolute Gasteiger partial charge is 0.285 e. The Morgan fingerprint density at radius 3 is 1.27 bits per heavy atom. The van der Waals surface area contributed by atoms with Crippen LogP contribution in [0.2, 0.25) is 0 Å². The lowest BCUT2D eigenvalue weighted by Crippen LogP contribution is -2.39. The van der Waals surface area contributed by atoms with E-state index < -0.39 is 0 Å². The van der Waals surface area contributed by atoms with Crippen LogP contribution in [-0.4, -0.2) is 0 Å². The van der Waals surface area contributed by atoms with Crippen LogP contribution in [0.15, 0.2) is 55.6 Å². The third-order valence-corrected chi connectivity index (χ3v) is 9.80. The molecule has 0 saturated carbocycles. The Balaban J connectivity index is 0.000000427. The number of aryl methyl sites for hydroxylation is 2. The first-order chi connectivity index (χ1) is 24.4. The SMILES string of the molecule is CC.CC.CC.CC.Cc1c(CC2CCCc3ccc(CC(C)C)cc32)c(=O)c1=O.Cc1c(CC2CCc3ccc(CC(C)C)cc32)c(=O)c1=O. The van der Waals surface area contributed by atoms with Crippen molar-refractivity contribution in [3.05, 3.63) is 133 Å². The van der Waals surface area contributed by atoms with Gasteiger partial charge in [-0.05, 0) is 129 Å². The zero-order valence-corrected chi connectivity index (χ0v) is 34.8. The van der Waals surface area contributed by atoms with Crippen LogP contribution >= 0.6 is 0 Å². The van der Waals surface area contributed by atoms with E-state index in [-0.39, 0.29) is 21.7 Å². The highest BCUT2D eigenvalue weighted by Gasteiger charge is 2.28. The zero-order valence-electron chi connectivity index (χ0n) is 34.8. The molecule has 282 valence electrons. The number of fused-ring (bicyclic) bond motifs is 2. The maximum atomic E-state index is 11.8. The molecule has 2 unspecified atom stereocenters. The molecule has 2 aliphatic rings. The summed E-state index contributed by atoms with van der Waals surface area (Å²) in [6, 6.07) is 13.7. The molecule has 2 atom stereocenters. The standard InChI is InChI=1S/C20H24O2.C19H22O2.4C2H6/c1-12(2)9-14-7-8-15-5-4-6-16(18(15)10-14)11-17-13(3)19(21)20(17)22;1-11(2)8-13-4-5-14-6-7-15(17(14)9-13)10-16-12(3)18(20)19(16)21;4*1-2/h7-8,10,12,16H,4-6,9,11H2,1-3H3;4-5,9,11,15H,6-8,10H2,1-3H3;4*1-2H3. The molecule has 0 amide bonds. The molecule has 4 nitrogen and oxygen atoms in total. The molecule has 0 aromatic heterocycles. The zero-order chi connectivity index (χ0) is 39.0. The van der Waals surface area contributed by atoms with Gasteiger partial charge < -0.3 is 0 Å². The molecule has 0 spiro atoms. The molecule has 4 heteroatoms. The van der Waals surface area contributed by atoms with Crippen molar-refractivity contribution in [1.29, 1.82) is 0 Å². The fraction of sp³-hybridized carbons (Fsp3) is 0.574. The van der Waals surface area contributed by atoms with Crippen LogP contribution in [-0.2, 0) is 38.5 Å². The first-order valence-corrected chi connectivity index (χ1v) is 20.3. The lowest BCUT2D eigenvalue weighted by atomic mass is 9.77. The summed E-state index contributed by atoms with van der Waals surface area (Å²) < 4.78 is 0. The van der Waals surface area contributed by atoms with Crippen molar-refractivity contribution in [2.45, 2.75) is 167 Å². The summed E-state index contributed by atoms with van der Waals surface area (Å²) in [5.41, 5.74) is 10.3. The van der Waals surface area contributed by atoms with Gasteiger partial charge in [0.25, 0.3) is 0 Å². The molecule has 0 saturated heterocycles. The van der Waals surface area contributed by atoms with E-state index >= 15 is 0 Å². The number of rotatable bonds is 8. The second-order valence-corrected chi connectivity index (χ2v) is 14.0. The second-order valence-electron chi connectivity index (χ2n) is 14.0. The molecule has 51 heavy (non-hydrogen) atoms. The highest BCUT2D eigenvalue weighted by atomic mass is 16.2. The Labute approximate surface area is 310 Å². The summed E-state index contributed by atoms with van der Waals surface area (Å²) in [4.78, 5) is 46.2. The van der Waals surface area contributed by atoms with E-state index in [9.17, 15) is 19.2 Å². The van der Waals surface area contributed by atoms with Crippen molar-refractivity contribution in [2.75, 3.05) is 0 Å². The fourth-order valence-electron chi connectivity index (χ4n) is 7.39. The molecule has 0 aliphatic heterocycles. The van der Waals surface area contributed by atoms with Crippen LogP contribution in [0.5, 0.6) is 0 Å². The van der Waals surface area contributed by atoms with Crippen LogP contribution in [0.25, 0.3) is 0 Å². The highest BCUT2D eigenvalue weighted by Crippen LogP contribution is 2.37. The van der Waals surface area contributed by atoms with Gasteiger partial charge in [-0.15, -0.1) is 0 Å². The van der Waals surface area contributed by atoms with E-state index in [1.54, 1.807) is 13.8 Å². The lowest BCUT2D eigenvalue weighted by molar-refractivity contribution is 0.544. The number of hydrogen-bond acceptors (Lipinski definition) is 4. The van der Waals surface area contributed by atoms with Crippen molar-refractivity contribution in [3.63, 3.8) is 0 Å². The van der Waals surface area contributed by atoms with E-state index in [2.05, 4.69) is 64.1 Å². The van der Waals surface area contributed by atoms with Crippen LogP contribution in [0.3, 0.4) is 0 Å². The van der Waals surface area contributed by atoms with Crippen molar-refractivity contribution >= 4 is 0 Å². The highest BCUT2D eigenvalue weighted by molar-refractivity contribution is 5.42. The molecule has 4 aromatic rings. The van der Waals surface area contributed by atoms with Crippen LogP contribution in [0.1, 0.15) is 170 Å². The quantitative estimate of drug-likeness (QED) is 0.172. The third kappa shape index (κ3) is 11.5. The minimum absolute atomic E-state index is 0.247. The van der Waals surface area contributed by atoms with Crippen molar-refractivity contribution in [1.82, 2.24) is 0 Å². The number of hydrogen-bond donors (Lipinski definition) is 0. The van der Waals surface area contributed by atoms with Crippen molar-refractivity contribution < 1.29 is 0 Å². The minimum Gasteiger partial charge on any atom is -0.285 e. The molecule has 2 aliphatic carbocycles. The molecule has 0 bridgehead atoms.